The summed E-state index contributed by atoms with van der Waals surface area (Å²) in [4.78, 5) is 16.7. The van der Waals surface area contributed by atoms with Crippen molar-refractivity contribution in [2.24, 2.45) is 0 Å². The van der Waals surface area contributed by atoms with Crippen LogP contribution in [0.3, 0.4) is 0 Å². The average Bonchev–Trinajstić information content (AvgIpc) is 3.43. The van der Waals surface area contributed by atoms with E-state index in [1.807, 2.05) is 37.3 Å². The summed E-state index contributed by atoms with van der Waals surface area (Å²) in [6.07, 6.45) is 6.34. The highest BCUT2D eigenvalue weighted by molar-refractivity contribution is 5.89. The quantitative estimate of drug-likeness (QED) is 0.632. The molecule has 3 N–H and O–H groups in total. The van der Waals surface area contributed by atoms with Crippen LogP contribution in [0.25, 0.3) is 11.3 Å². The summed E-state index contributed by atoms with van der Waals surface area (Å²) >= 11 is 0. The molecule has 3 aromatic rings. The lowest BCUT2D eigenvalue weighted by atomic mass is 10.1. The van der Waals surface area contributed by atoms with Gasteiger partial charge in [0.15, 0.2) is 5.82 Å². The van der Waals surface area contributed by atoms with E-state index in [2.05, 4.69) is 31.0 Å². The van der Waals surface area contributed by atoms with E-state index in [-0.39, 0.29) is 12.1 Å². The number of carbonyl (C=O) groups excluding carboxylic acids is 1. The lowest BCUT2D eigenvalue weighted by Gasteiger charge is -2.11. The first-order valence-electron chi connectivity index (χ1n) is 9.20. The Morgan fingerprint density at radius 3 is 2.70 bits per heavy atom. The maximum Gasteiger partial charge on any atom is 0.319 e. The second-order valence-corrected chi connectivity index (χ2v) is 6.84. The van der Waals surface area contributed by atoms with Crippen LogP contribution in [0.1, 0.15) is 56.3 Å². The Morgan fingerprint density at radius 2 is 2.00 bits per heavy atom. The number of urea groups is 1. The summed E-state index contributed by atoms with van der Waals surface area (Å²) in [5.41, 5.74) is 2.62. The number of aromatic amines is 1. The third kappa shape index (κ3) is 3.99. The van der Waals surface area contributed by atoms with E-state index >= 15 is 0 Å². The van der Waals surface area contributed by atoms with Gasteiger partial charge < -0.3 is 15.2 Å². The minimum absolute atomic E-state index is 0.322. The van der Waals surface area contributed by atoms with Crippen LogP contribution in [0.5, 0.6) is 0 Å². The Bertz CT molecular complexity index is 881. The Morgan fingerprint density at radius 1 is 1.22 bits per heavy atom. The van der Waals surface area contributed by atoms with Gasteiger partial charge >= 0.3 is 6.03 Å². The number of nitrogens with zero attached hydrogens (tertiary/aromatic N) is 3. The summed E-state index contributed by atoms with van der Waals surface area (Å²) < 4.78 is 5.33. The number of rotatable bonds is 5. The Balaban J connectivity index is 1.33. The molecule has 0 spiro atoms. The predicted octanol–water partition coefficient (Wildman–Crippen LogP) is 4.00. The standard InChI is InChI=1S/C19H22N6O2/c1-12(18-23-17(25-27-18)14-4-2-3-5-14)21-19(26)22-15-8-6-13(7-9-15)16-10-11-20-24-16/h6-12,14H,2-5H2,1H3,(H,20,24)(H2,21,22,26)/t12-/m1/s1. The van der Waals surface area contributed by atoms with Gasteiger partial charge in [0.2, 0.25) is 5.89 Å². The molecule has 27 heavy (non-hydrogen) atoms. The zero-order chi connectivity index (χ0) is 18.6. The number of H-pyrrole nitrogens is 1. The fraction of sp³-hybridized carbons (Fsp3) is 0.368. The van der Waals surface area contributed by atoms with Crippen LogP contribution in [0.15, 0.2) is 41.1 Å². The second-order valence-electron chi connectivity index (χ2n) is 6.84. The van der Waals surface area contributed by atoms with Crippen LogP contribution in [-0.4, -0.2) is 26.4 Å². The fourth-order valence-corrected chi connectivity index (χ4v) is 3.35. The van der Waals surface area contributed by atoms with Gasteiger partial charge in [0.1, 0.15) is 6.04 Å². The van der Waals surface area contributed by atoms with Crippen molar-refractivity contribution in [1.29, 1.82) is 0 Å². The summed E-state index contributed by atoms with van der Waals surface area (Å²) in [7, 11) is 0. The van der Waals surface area contributed by atoms with Crippen LogP contribution in [0, 0.1) is 0 Å². The molecule has 0 saturated heterocycles. The first-order chi connectivity index (χ1) is 13.2. The second kappa shape index (κ2) is 7.61. The van der Waals surface area contributed by atoms with Gasteiger partial charge in [-0.1, -0.05) is 30.1 Å². The molecule has 0 radical (unpaired) electrons. The van der Waals surface area contributed by atoms with Crippen LogP contribution in [0.4, 0.5) is 10.5 Å². The van der Waals surface area contributed by atoms with Gasteiger partial charge in [-0.15, -0.1) is 0 Å². The molecular formula is C19H22N6O2. The number of nitrogens with one attached hydrogen (secondary N) is 3. The van der Waals surface area contributed by atoms with E-state index in [4.69, 9.17) is 4.52 Å². The number of hydrogen-bond acceptors (Lipinski definition) is 5. The molecule has 2 heterocycles. The molecule has 1 aliphatic carbocycles. The molecule has 0 bridgehead atoms. The molecule has 0 aliphatic heterocycles. The molecule has 1 aromatic carbocycles. The van der Waals surface area contributed by atoms with Crippen molar-refractivity contribution in [3.8, 4) is 11.3 Å². The summed E-state index contributed by atoms with van der Waals surface area (Å²) in [6.45, 7) is 1.83. The highest BCUT2D eigenvalue weighted by Gasteiger charge is 2.24. The smallest absolute Gasteiger partial charge is 0.319 e. The maximum absolute atomic E-state index is 12.2. The molecule has 8 heteroatoms. The van der Waals surface area contributed by atoms with Gasteiger partial charge in [-0.25, -0.2) is 4.79 Å². The maximum atomic E-state index is 12.2. The zero-order valence-corrected chi connectivity index (χ0v) is 15.1. The van der Waals surface area contributed by atoms with E-state index < -0.39 is 0 Å². The SMILES string of the molecule is C[C@@H](NC(=O)Nc1ccc(-c2ccn[nH]2)cc1)c1nc(C2CCCC2)no1. The van der Waals surface area contributed by atoms with Gasteiger partial charge in [-0.05, 0) is 43.5 Å². The first-order valence-corrected chi connectivity index (χ1v) is 9.20. The van der Waals surface area contributed by atoms with Gasteiger partial charge in [0.25, 0.3) is 0 Å². The van der Waals surface area contributed by atoms with Crippen LogP contribution >= 0.6 is 0 Å². The molecule has 140 valence electrons. The van der Waals surface area contributed by atoms with Gasteiger partial charge in [0.05, 0.1) is 5.69 Å². The van der Waals surface area contributed by atoms with Gasteiger partial charge in [-0.2, -0.15) is 10.1 Å². The van der Waals surface area contributed by atoms with Crippen molar-refractivity contribution in [2.75, 3.05) is 5.32 Å². The largest absolute Gasteiger partial charge is 0.337 e. The third-order valence-corrected chi connectivity index (χ3v) is 4.85. The molecule has 2 amide bonds. The van der Waals surface area contributed by atoms with Crippen molar-refractivity contribution in [2.45, 2.75) is 44.6 Å². The van der Waals surface area contributed by atoms with Gasteiger partial charge in [0, 0.05) is 17.8 Å². The molecule has 0 unspecified atom stereocenters. The lowest BCUT2D eigenvalue weighted by Crippen LogP contribution is -2.31. The monoisotopic (exact) mass is 366 g/mol. The Kier molecular flexibility index (Phi) is 4.86. The highest BCUT2D eigenvalue weighted by Crippen LogP contribution is 2.32. The molecule has 1 saturated carbocycles. The molecule has 2 aromatic heterocycles. The normalized spacial score (nSPS) is 15.6. The fourth-order valence-electron chi connectivity index (χ4n) is 3.35. The predicted molar refractivity (Wildman–Crippen MR) is 100 cm³/mol. The van der Waals surface area contributed by atoms with E-state index in [0.29, 0.717) is 17.5 Å². The molecule has 1 fully saturated rings. The molecule has 1 aliphatic rings. The van der Waals surface area contributed by atoms with Crippen molar-refractivity contribution < 1.29 is 9.32 Å². The Labute approximate surface area is 156 Å². The summed E-state index contributed by atoms with van der Waals surface area (Å²) in [5.74, 6) is 1.57. The van der Waals surface area contributed by atoms with E-state index in [9.17, 15) is 4.79 Å². The van der Waals surface area contributed by atoms with Crippen molar-refractivity contribution in [3.63, 3.8) is 0 Å². The van der Waals surface area contributed by atoms with Crippen LogP contribution < -0.4 is 10.6 Å². The van der Waals surface area contributed by atoms with Crippen LogP contribution in [-0.2, 0) is 0 Å². The van der Waals surface area contributed by atoms with Crippen molar-refractivity contribution in [1.82, 2.24) is 25.7 Å². The third-order valence-electron chi connectivity index (χ3n) is 4.85. The Hall–Kier alpha value is -3.16. The molecular weight excluding hydrogens is 344 g/mol. The van der Waals surface area contributed by atoms with E-state index in [1.54, 1.807) is 6.20 Å². The summed E-state index contributed by atoms with van der Waals surface area (Å²) in [6, 6.07) is 8.71. The first kappa shape index (κ1) is 17.3. The molecule has 8 nitrogen and oxygen atoms in total. The lowest BCUT2D eigenvalue weighted by molar-refractivity contribution is 0.245. The topological polar surface area (TPSA) is 109 Å². The number of hydrogen-bond donors (Lipinski definition) is 3. The number of aromatic nitrogens is 4. The molecule has 1 atom stereocenters. The van der Waals surface area contributed by atoms with E-state index in [0.717, 1.165) is 29.9 Å². The van der Waals surface area contributed by atoms with Crippen molar-refractivity contribution >= 4 is 11.7 Å². The molecule has 4 rings (SSSR count). The zero-order valence-electron chi connectivity index (χ0n) is 15.1. The summed E-state index contributed by atoms with van der Waals surface area (Å²) in [5, 5.41) is 16.6. The van der Waals surface area contributed by atoms with Crippen molar-refractivity contribution in [3.05, 3.63) is 48.2 Å². The van der Waals surface area contributed by atoms with E-state index in [1.165, 1.54) is 12.8 Å². The number of anilines is 1. The van der Waals surface area contributed by atoms with Gasteiger partial charge in [-0.3, -0.25) is 5.10 Å². The number of amides is 2. The minimum Gasteiger partial charge on any atom is -0.337 e. The highest BCUT2D eigenvalue weighted by atomic mass is 16.5. The number of carbonyl (C=O) groups is 1. The van der Waals surface area contributed by atoms with Crippen LogP contribution in [0.2, 0.25) is 0 Å². The number of benzene rings is 1. The average molecular weight is 366 g/mol. The minimum atomic E-state index is -0.364.